The van der Waals surface area contributed by atoms with Crippen molar-refractivity contribution in [1.82, 2.24) is 9.62 Å². The Balaban J connectivity index is 1.56. The molecule has 0 radical (unpaired) electrons. The monoisotopic (exact) mass is 387 g/mol. The van der Waals surface area contributed by atoms with Crippen molar-refractivity contribution in [3.05, 3.63) is 59.2 Å². The number of nitrogens with zero attached hydrogens (tertiary/aromatic N) is 2. The summed E-state index contributed by atoms with van der Waals surface area (Å²) in [4.78, 5) is 5.10. The zero-order valence-electron chi connectivity index (χ0n) is 16.4. The van der Waals surface area contributed by atoms with Crippen LogP contribution in [0.15, 0.2) is 47.4 Å². The third-order valence-electron chi connectivity index (χ3n) is 5.14. The summed E-state index contributed by atoms with van der Waals surface area (Å²) in [7, 11) is -1.32. The van der Waals surface area contributed by atoms with Gasteiger partial charge >= 0.3 is 0 Å². The van der Waals surface area contributed by atoms with Gasteiger partial charge in [0, 0.05) is 38.4 Å². The Morgan fingerprint density at radius 1 is 0.963 bits per heavy atom. The number of likely N-dealkylation sites (N-methyl/N-ethyl adjacent to an activating group) is 1. The number of nitrogens with one attached hydrogen (secondary N) is 1. The fraction of sp³-hybridized carbons (Fsp3) is 0.429. The molecule has 0 atom stereocenters. The summed E-state index contributed by atoms with van der Waals surface area (Å²) in [5.41, 5.74) is 4.09. The number of sulfonamides is 1. The highest BCUT2D eigenvalue weighted by atomic mass is 32.2. The summed E-state index contributed by atoms with van der Waals surface area (Å²) in [5, 5.41) is 0. The zero-order valence-corrected chi connectivity index (χ0v) is 17.2. The summed E-state index contributed by atoms with van der Waals surface area (Å²) < 4.78 is 27.9. The first-order chi connectivity index (χ1) is 12.8. The van der Waals surface area contributed by atoms with Crippen LogP contribution in [0.5, 0.6) is 0 Å². The van der Waals surface area contributed by atoms with E-state index in [2.05, 4.69) is 45.8 Å². The summed E-state index contributed by atoms with van der Waals surface area (Å²) in [6.07, 6.45) is 0.674. The van der Waals surface area contributed by atoms with Crippen LogP contribution in [0.1, 0.15) is 16.7 Å². The standard InChI is InChI=1S/C21H29N3O2S/c1-17-4-5-18(2)21(16-17)27(25,26)22-11-10-19-6-8-20(9-7-19)24-14-12-23(3)13-15-24/h4-9,16,22H,10-15H2,1-3H3. The molecule has 1 fully saturated rings. The maximum absolute atomic E-state index is 12.6. The average Bonchev–Trinajstić information content (AvgIpc) is 2.65. The quantitative estimate of drug-likeness (QED) is 0.828. The summed E-state index contributed by atoms with van der Waals surface area (Å²) in [6.45, 7) is 8.38. The lowest BCUT2D eigenvalue weighted by molar-refractivity contribution is 0.313. The number of aryl methyl sites for hydroxylation is 2. The molecule has 1 heterocycles. The Kier molecular flexibility index (Phi) is 6.19. The highest BCUT2D eigenvalue weighted by molar-refractivity contribution is 7.89. The highest BCUT2D eigenvalue weighted by Gasteiger charge is 2.17. The van der Waals surface area contributed by atoms with Crippen LogP contribution in [0.3, 0.4) is 0 Å². The molecule has 2 aromatic carbocycles. The maximum atomic E-state index is 12.6. The van der Waals surface area contributed by atoms with Crippen LogP contribution >= 0.6 is 0 Å². The van der Waals surface area contributed by atoms with Gasteiger partial charge in [0.1, 0.15) is 0 Å². The van der Waals surface area contributed by atoms with Crippen LogP contribution in [0.25, 0.3) is 0 Å². The van der Waals surface area contributed by atoms with Gasteiger partial charge in [-0.15, -0.1) is 0 Å². The molecule has 6 heteroatoms. The number of anilines is 1. The lowest BCUT2D eigenvalue weighted by atomic mass is 10.1. The number of benzene rings is 2. The van der Waals surface area contributed by atoms with Gasteiger partial charge in [-0.25, -0.2) is 13.1 Å². The fourth-order valence-electron chi connectivity index (χ4n) is 3.34. The molecule has 5 nitrogen and oxygen atoms in total. The molecule has 146 valence electrons. The van der Waals surface area contributed by atoms with Gasteiger partial charge in [0.05, 0.1) is 4.90 Å². The average molecular weight is 388 g/mol. The summed E-state index contributed by atoms with van der Waals surface area (Å²) in [6, 6.07) is 14.0. The van der Waals surface area contributed by atoms with Crippen LogP contribution < -0.4 is 9.62 Å². The zero-order chi connectivity index (χ0) is 19.4. The van der Waals surface area contributed by atoms with Gasteiger partial charge in [0.15, 0.2) is 0 Å². The van der Waals surface area contributed by atoms with Crippen molar-refractivity contribution in [2.75, 3.05) is 44.7 Å². The minimum atomic E-state index is -3.48. The molecule has 0 aliphatic carbocycles. The van der Waals surface area contributed by atoms with Gasteiger partial charge in [-0.05, 0) is 62.2 Å². The van der Waals surface area contributed by atoms with Gasteiger partial charge in [0.25, 0.3) is 0 Å². The third-order valence-corrected chi connectivity index (χ3v) is 6.75. The van der Waals surface area contributed by atoms with E-state index in [-0.39, 0.29) is 0 Å². The van der Waals surface area contributed by atoms with Crippen molar-refractivity contribution in [2.24, 2.45) is 0 Å². The smallest absolute Gasteiger partial charge is 0.240 e. The normalized spacial score (nSPS) is 15.9. The predicted molar refractivity (Wildman–Crippen MR) is 111 cm³/mol. The topological polar surface area (TPSA) is 52.7 Å². The molecule has 0 bridgehead atoms. The van der Waals surface area contributed by atoms with E-state index < -0.39 is 10.0 Å². The molecule has 1 saturated heterocycles. The Bertz CT molecular complexity index is 871. The Hall–Kier alpha value is -1.89. The van der Waals surface area contributed by atoms with E-state index in [1.54, 1.807) is 6.07 Å². The van der Waals surface area contributed by atoms with Crippen molar-refractivity contribution in [2.45, 2.75) is 25.2 Å². The Morgan fingerprint density at radius 3 is 2.30 bits per heavy atom. The van der Waals surface area contributed by atoms with E-state index in [1.807, 2.05) is 26.0 Å². The summed E-state index contributed by atoms with van der Waals surface area (Å²) >= 11 is 0. The molecule has 0 unspecified atom stereocenters. The minimum absolute atomic E-state index is 0.368. The van der Waals surface area contributed by atoms with Crippen LogP contribution in [-0.4, -0.2) is 53.1 Å². The molecular formula is C21H29N3O2S. The highest BCUT2D eigenvalue weighted by Crippen LogP contribution is 2.18. The second-order valence-corrected chi connectivity index (χ2v) is 9.11. The predicted octanol–water partition coefficient (Wildman–Crippen LogP) is 2.58. The van der Waals surface area contributed by atoms with Crippen molar-refractivity contribution in [1.29, 1.82) is 0 Å². The maximum Gasteiger partial charge on any atom is 0.240 e. The molecule has 1 aliphatic rings. The van der Waals surface area contributed by atoms with E-state index >= 15 is 0 Å². The van der Waals surface area contributed by atoms with Crippen LogP contribution in [0.2, 0.25) is 0 Å². The molecule has 0 aromatic heterocycles. The van der Waals surface area contributed by atoms with Crippen LogP contribution in [-0.2, 0) is 16.4 Å². The largest absolute Gasteiger partial charge is 0.369 e. The number of hydrogen-bond acceptors (Lipinski definition) is 4. The van der Waals surface area contributed by atoms with Gasteiger partial charge in [-0.2, -0.15) is 0 Å². The van der Waals surface area contributed by atoms with E-state index in [9.17, 15) is 8.42 Å². The van der Waals surface area contributed by atoms with Crippen LogP contribution in [0.4, 0.5) is 5.69 Å². The third kappa shape index (κ3) is 5.09. The van der Waals surface area contributed by atoms with E-state index in [0.29, 0.717) is 17.9 Å². The van der Waals surface area contributed by atoms with E-state index in [4.69, 9.17) is 0 Å². The molecule has 1 aliphatic heterocycles. The molecular weight excluding hydrogens is 358 g/mol. The molecule has 2 aromatic rings. The van der Waals surface area contributed by atoms with Crippen LogP contribution in [0, 0.1) is 13.8 Å². The second kappa shape index (κ2) is 8.42. The van der Waals surface area contributed by atoms with E-state index in [1.165, 1.54) is 5.69 Å². The van der Waals surface area contributed by atoms with Gasteiger partial charge < -0.3 is 9.80 Å². The lowest BCUT2D eigenvalue weighted by Crippen LogP contribution is -2.44. The van der Waals surface area contributed by atoms with Crippen molar-refractivity contribution < 1.29 is 8.42 Å². The SMILES string of the molecule is Cc1ccc(C)c(S(=O)(=O)NCCc2ccc(N3CCN(C)CC3)cc2)c1. The molecule has 3 rings (SSSR count). The first-order valence-corrected chi connectivity index (χ1v) is 10.9. The van der Waals surface area contributed by atoms with Crippen molar-refractivity contribution >= 4 is 15.7 Å². The van der Waals surface area contributed by atoms with Crippen molar-refractivity contribution in [3.63, 3.8) is 0 Å². The second-order valence-electron chi connectivity index (χ2n) is 7.37. The Labute approximate surface area is 163 Å². The first-order valence-electron chi connectivity index (χ1n) is 9.44. The molecule has 0 spiro atoms. The van der Waals surface area contributed by atoms with E-state index in [0.717, 1.165) is 42.9 Å². The number of piperazine rings is 1. The van der Waals surface area contributed by atoms with Gasteiger partial charge in [-0.3, -0.25) is 0 Å². The first kappa shape index (κ1) is 19.9. The minimum Gasteiger partial charge on any atom is -0.369 e. The number of hydrogen-bond donors (Lipinski definition) is 1. The molecule has 1 N–H and O–H groups in total. The van der Waals surface area contributed by atoms with Gasteiger partial charge in [-0.1, -0.05) is 24.3 Å². The fourth-order valence-corrected chi connectivity index (χ4v) is 4.70. The Morgan fingerprint density at radius 2 is 1.63 bits per heavy atom. The van der Waals surface area contributed by atoms with Crippen molar-refractivity contribution in [3.8, 4) is 0 Å². The number of rotatable bonds is 6. The summed E-state index contributed by atoms with van der Waals surface area (Å²) in [5.74, 6) is 0. The molecule has 27 heavy (non-hydrogen) atoms. The van der Waals surface area contributed by atoms with Gasteiger partial charge in [0.2, 0.25) is 10.0 Å². The lowest BCUT2D eigenvalue weighted by Gasteiger charge is -2.34. The molecule has 0 amide bonds. The molecule has 0 saturated carbocycles.